The molecule has 2 heterocycles. The molecular weight excluding hydrogens is 360 g/mol. The van der Waals surface area contributed by atoms with E-state index in [1.165, 1.54) is 18.2 Å². The summed E-state index contributed by atoms with van der Waals surface area (Å²) in [6.45, 7) is 1.31. The molecule has 6 nitrogen and oxygen atoms in total. The fourth-order valence-electron chi connectivity index (χ4n) is 3.47. The number of rotatable bonds is 5. The summed E-state index contributed by atoms with van der Waals surface area (Å²) >= 11 is 7.15. The molecule has 3 aliphatic rings. The summed E-state index contributed by atoms with van der Waals surface area (Å²) in [6.07, 6.45) is 9.54. The Morgan fingerprint density at radius 3 is 2.92 bits per heavy atom. The van der Waals surface area contributed by atoms with Gasteiger partial charge in [0.25, 0.3) is 11.1 Å². The second-order valence-electron chi connectivity index (χ2n) is 6.73. The Labute approximate surface area is 155 Å². The number of allylic oxidation sites excluding steroid dienone is 2. The first kappa shape index (κ1) is 16.7. The van der Waals surface area contributed by atoms with Crippen molar-refractivity contribution in [2.24, 2.45) is 11.8 Å². The molecule has 0 radical (unpaired) electrons. The van der Waals surface area contributed by atoms with Crippen molar-refractivity contribution in [2.45, 2.75) is 24.5 Å². The van der Waals surface area contributed by atoms with Crippen LogP contribution in [0.2, 0.25) is 5.15 Å². The van der Waals surface area contributed by atoms with Gasteiger partial charge in [-0.3, -0.25) is 14.7 Å². The molecule has 2 aliphatic carbocycles. The van der Waals surface area contributed by atoms with Crippen LogP contribution in [0.1, 0.15) is 29.8 Å². The van der Waals surface area contributed by atoms with Crippen LogP contribution in [0.25, 0.3) is 0 Å². The largest absolute Gasteiger partial charge is 0.336 e. The maximum atomic E-state index is 12.9. The summed E-state index contributed by atoms with van der Waals surface area (Å²) in [5.41, 5.74) is 1.34. The first-order valence-electron chi connectivity index (χ1n) is 8.46. The van der Waals surface area contributed by atoms with Crippen molar-refractivity contribution >= 4 is 34.5 Å². The van der Waals surface area contributed by atoms with Crippen molar-refractivity contribution in [2.75, 3.05) is 13.1 Å². The number of nitrogens with zero attached hydrogens (tertiary/aromatic N) is 2. The van der Waals surface area contributed by atoms with Gasteiger partial charge >= 0.3 is 0 Å². The van der Waals surface area contributed by atoms with Crippen LogP contribution in [0.5, 0.6) is 0 Å². The lowest BCUT2D eigenvalue weighted by Crippen LogP contribution is -2.42. The van der Waals surface area contributed by atoms with Crippen LogP contribution in [0.4, 0.5) is 4.79 Å². The number of thioether (sulfide) groups is 1. The Morgan fingerprint density at radius 2 is 2.24 bits per heavy atom. The minimum atomic E-state index is -0.0851. The third-order valence-corrected chi connectivity index (χ3v) is 6.38. The summed E-state index contributed by atoms with van der Waals surface area (Å²) in [5, 5.41) is 9.77. The molecule has 1 aromatic rings. The lowest BCUT2D eigenvalue weighted by atomic mass is 9.84. The number of fused-ring (bicyclic) bond motifs is 1. The zero-order valence-corrected chi connectivity index (χ0v) is 15.1. The molecule has 0 aromatic carbocycles. The van der Waals surface area contributed by atoms with Crippen molar-refractivity contribution in [1.82, 2.24) is 20.4 Å². The third kappa shape index (κ3) is 3.48. The molecule has 1 saturated carbocycles. The lowest BCUT2D eigenvalue weighted by Gasteiger charge is -2.35. The molecule has 2 unspecified atom stereocenters. The molecule has 2 amide bonds. The van der Waals surface area contributed by atoms with E-state index in [-0.39, 0.29) is 27.5 Å². The second-order valence-corrected chi connectivity index (χ2v) is 8.23. The zero-order chi connectivity index (χ0) is 17.4. The van der Waals surface area contributed by atoms with Crippen molar-refractivity contribution in [1.29, 1.82) is 0 Å². The van der Waals surface area contributed by atoms with Gasteiger partial charge in [0.05, 0.1) is 5.25 Å². The topological polar surface area (TPSA) is 78.1 Å². The molecule has 1 aliphatic heterocycles. The van der Waals surface area contributed by atoms with Crippen LogP contribution >= 0.6 is 23.4 Å². The molecule has 0 bridgehead atoms. The Balaban J connectivity index is 1.51. The van der Waals surface area contributed by atoms with Crippen LogP contribution in [0.3, 0.4) is 0 Å². The number of hydrogen-bond acceptors (Lipinski definition) is 4. The molecular formula is C17H19ClN4O2S. The smallest absolute Gasteiger partial charge is 0.283 e. The van der Waals surface area contributed by atoms with Gasteiger partial charge in [-0.05, 0) is 24.8 Å². The Kier molecular flexibility index (Phi) is 4.60. The molecule has 2 atom stereocenters. The first-order valence-corrected chi connectivity index (χ1v) is 9.72. The van der Waals surface area contributed by atoms with Crippen LogP contribution < -0.4 is 5.32 Å². The average molecular weight is 379 g/mol. The standard InChI is InChI=1S/C17H19ClN4O2S/c18-14-7-13(20-21-14)16(23)22(8-10-3-1-4-10)9-11-5-2-6-12-15(11)25-17(24)19-12/h2,5-7,10-11,15H,1,3-4,8-9H2,(H,19,24)(H,20,21). The van der Waals surface area contributed by atoms with Gasteiger partial charge in [0, 0.05) is 30.8 Å². The highest BCUT2D eigenvalue weighted by atomic mass is 35.5. The summed E-state index contributed by atoms with van der Waals surface area (Å²) in [4.78, 5) is 26.5. The Bertz CT molecular complexity index is 756. The summed E-state index contributed by atoms with van der Waals surface area (Å²) in [7, 11) is 0. The van der Waals surface area contributed by atoms with Crippen molar-refractivity contribution in [3.8, 4) is 0 Å². The van der Waals surface area contributed by atoms with Gasteiger partial charge in [-0.15, -0.1) is 0 Å². The van der Waals surface area contributed by atoms with E-state index in [9.17, 15) is 9.59 Å². The Morgan fingerprint density at radius 1 is 1.40 bits per heavy atom. The van der Waals surface area contributed by atoms with Crippen LogP contribution in [-0.2, 0) is 0 Å². The predicted molar refractivity (Wildman–Crippen MR) is 97.5 cm³/mol. The van der Waals surface area contributed by atoms with E-state index < -0.39 is 0 Å². The molecule has 25 heavy (non-hydrogen) atoms. The fourth-order valence-corrected chi connectivity index (χ4v) is 4.65. The van der Waals surface area contributed by atoms with Gasteiger partial charge < -0.3 is 10.2 Å². The van der Waals surface area contributed by atoms with Gasteiger partial charge in [-0.1, -0.05) is 41.9 Å². The number of carbonyl (C=O) groups excluding carboxylic acids is 2. The molecule has 2 N–H and O–H groups in total. The summed E-state index contributed by atoms with van der Waals surface area (Å²) < 4.78 is 0. The van der Waals surface area contributed by atoms with Crippen LogP contribution in [0, 0.1) is 11.8 Å². The normalized spacial score (nSPS) is 25.2. The minimum Gasteiger partial charge on any atom is -0.336 e. The number of carbonyl (C=O) groups is 2. The van der Waals surface area contributed by atoms with Crippen molar-refractivity contribution in [3.63, 3.8) is 0 Å². The highest BCUT2D eigenvalue weighted by molar-refractivity contribution is 8.14. The molecule has 1 saturated heterocycles. The number of hydrogen-bond donors (Lipinski definition) is 2. The number of aromatic nitrogens is 2. The quantitative estimate of drug-likeness (QED) is 0.824. The van der Waals surface area contributed by atoms with Gasteiger partial charge in [0.1, 0.15) is 5.69 Å². The second kappa shape index (κ2) is 6.88. The lowest BCUT2D eigenvalue weighted by molar-refractivity contribution is 0.0669. The van der Waals surface area contributed by atoms with Crippen molar-refractivity contribution < 1.29 is 9.59 Å². The maximum absolute atomic E-state index is 12.9. The van der Waals surface area contributed by atoms with E-state index in [2.05, 4.69) is 21.6 Å². The molecule has 8 heteroatoms. The molecule has 1 aromatic heterocycles. The fraction of sp³-hybridized carbons (Fsp3) is 0.471. The van der Waals surface area contributed by atoms with E-state index in [4.69, 9.17) is 11.6 Å². The third-order valence-electron chi connectivity index (χ3n) is 5.01. The monoisotopic (exact) mass is 378 g/mol. The number of aromatic amines is 1. The first-order chi connectivity index (χ1) is 12.1. The molecule has 132 valence electrons. The summed E-state index contributed by atoms with van der Waals surface area (Å²) in [5.74, 6) is 0.574. The number of nitrogens with one attached hydrogen (secondary N) is 2. The number of halogens is 1. The van der Waals surface area contributed by atoms with E-state index in [0.29, 0.717) is 18.2 Å². The van der Waals surface area contributed by atoms with Gasteiger partial charge in [0.2, 0.25) is 0 Å². The molecule has 0 spiro atoms. The predicted octanol–water partition coefficient (Wildman–Crippen LogP) is 3.20. The highest BCUT2D eigenvalue weighted by Crippen LogP contribution is 2.36. The van der Waals surface area contributed by atoms with Gasteiger partial charge in [0.15, 0.2) is 5.15 Å². The van der Waals surface area contributed by atoms with E-state index >= 15 is 0 Å². The molecule has 2 fully saturated rings. The van der Waals surface area contributed by atoms with Gasteiger partial charge in [-0.2, -0.15) is 5.10 Å². The number of amides is 2. The van der Waals surface area contributed by atoms with Crippen LogP contribution in [0.15, 0.2) is 30.0 Å². The molecule has 4 rings (SSSR count). The number of H-pyrrole nitrogens is 1. The SMILES string of the molecule is O=C1NC2=CC=CC(CN(CC3CCC3)C(=O)c3cc(Cl)n[nH]3)C2S1. The average Bonchev–Trinajstić information content (AvgIpc) is 3.14. The van der Waals surface area contributed by atoms with E-state index in [1.807, 2.05) is 17.1 Å². The highest BCUT2D eigenvalue weighted by Gasteiger charge is 2.37. The maximum Gasteiger partial charge on any atom is 0.283 e. The summed E-state index contributed by atoms with van der Waals surface area (Å²) in [6, 6.07) is 1.56. The van der Waals surface area contributed by atoms with E-state index in [1.54, 1.807) is 6.07 Å². The van der Waals surface area contributed by atoms with Crippen LogP contribution in [-0.4, -0.2) is 44.6 Å². The minimum absolute atomic E-state index is 0.0258. The zero-order valence-electron chi connectivity index (χ0n) is 13.6. The Hall–Kier alpha value is -1.73. The van der Waals surface area contributed by atoms with Gasteiger partial charge in [-0.25, -0.2) is 0 Å². The van der Waals surface area contributed by atoms with Crippen molar-refractivity contribution in [3.05, 3.63) is 40.8 Å². The van der Waals surface area contributed by atoms with E-state index in [0.717, 1.165) is 25.1 Å².